The molecule has 0 aromatic carbocycles. The van der Waals surface area contributed by atoms with Crippen molar-refractivity contribution in [2.24, 2.45) is 5.92 Å². The Morgan fingerprint density at radius 2 is 2.37 bits per heavy atom. The summed E-state index contributed by atoms with van der Waals surface area (Å²) in [4.78, 5) is 11.1. The number of halogens is 1. The fraction of sp³-hybridized carbons (Fsp3) is 0.714. The lowest BCUT2D eigenvalue weighted by Crippen LogP contribution is -2.36. The molecule has 0 N–H and O–H groups in total. The maximum Gasteiger partial charge on any atom is 0.228 e. The minimum atomic E-state index is 0.133. The number of hydrogen-bond acceptors (Lipinski definition) is 4. The van der Waals surface area contributed by atoms with Crippen molar-refractivity contribution in [1.82, 2.24) is 9.97 Å². The number of ether oxygens (including phenoxy) is 1. The number of rotatable bonds is 5. The average Bonchev–Trinajstić information content (AvgIpc) is 2.39. The molecule has 2 rings (SSSR count). The molecule has 1 saturated heterocycles. The molecule has 1 aromatic rings. The summed E-state index contributed by atoms with van der Waals surface area (Å²) in [6.07, 6.45) is 5.41. The second kappa shape index (κ2) is 6.94. The lowest BCUT2D eigenvalue weighted by Gasteiger charge is -2.32. The van der Waals surface area contributed by atoms with Gasteiger partial charge >= 0.3 is 0 Å². The van der Waals surface area contributed by atoms with Crippen molar-refractivity contribution in [1.29, 1.82) is 0 Å². The zero-order valence-electron chi connectivity index (χ0n) is 11.7. The van der Waals surface area contributed by atoms with Gasteiger partial charge in [-0.15, -0.1) is 11.6 Å². The summed E-state index contributed by atoms with van der Waals surface area (Å²) in [5, 5.41) is 0. The molecule has 0 radical (unpaired) electrons. The lowest BCUT2D eigenvalue weighted by atomic mass is 9.96. The van der Waals surface area contributed by atoms with Crippen LogP contribution >= 0.6 is 11.6 Å². The number of alkyl halides is 1. The normalized spacial score (nSPS) is 19.8. The van der Waals surface area contributed by atoms with E-state index in [1.807, 2.05) is 19.9 Å². The van der Waals surface area contributed by atoms with Crippen LogP contribution in [-0.2, 0) is 0 Å². The first-order chi connectivity index (χ1) is 9.19. The first-order valence-electron chi connectivity index (χ1n) is 6.99. The van der Waals surface area contributed by atoms with E-state index in [9.17, 15) is 0 Å². The highest BCUT2D eigenvalue weighted by Gasteiger charge is 2.21. The molecule has 0 bridgehead atoms. The van der Waals surface area contributed by atoms with Gasteiger partial charge in [0.1, 0.15) is 0 Å². The molecule has 1 fully saturated rings. The molecule has 19 heavy (non-hydrogen) atoms. The van der Waals surface area contributed by atoms with E-state index in [4.69, 9.17) is 16.3 Å². The summed E-state index contributed by atoms with van der Waals surface area (Å²) in [5.41, 5.74) is 0. The maximum atomic E-state index is 5.84. The third-order valence-corrected chi connectivity index (χ3v) is 3.51. The zero-order chi connectivity index (χ0) is 13.7. The SMILES string of the molecule is CC(C)Oc1ccnc(N2CCCC(CCCl)C2)n1. The van der Waals surface area contributed by atoms with Crippen LogP contribution in [0.3, 0.4) is 0 Å². The molecule has 0 spiro atoms. The zero-order valence-corrected chi connectivity index (χ0v) is 12.4. The second-order valence-corrected chi connectivity index (χ2v) is 5.67. The van der Waals surface area contributed by atoms with Crippen LogP contribution < -0.4 is 9.64 Å². The van der Waals surface area contributed by atoms with Crippen molar-refractivity contribution in [2.75, 3.05) is 23.9 Å². The Labute approximate surface area is 120 Å². The van der Waals surface area contributed by atoms with Gasteiger partial charge in [-0.05, 0) is 39.0 Å². The number of nitrogens with zero attached hydrogens (tertiary/aromatic N) is 3. The smallest absolute Gasteiger partial charge is 0.228 e. The van der Waals surface area contributed by atoms with Crippen molar-refractivity contribution >= 4 is 17.5 Å². The van der Waals surface area contributed by atoms with Crippen LogP contribution in [0.15, 0.2) is 12.3 Å². The molecule has 1 aliphatic rings. The Hall–Kier alpha value is -1.03. The van der Waals surface area contributed by atoms with Gasteiger partial charge in [-0.1, -0.05) is 0 Å². The summed E-state index contributed by atoms with van der Waals surface area (Å²) in [5.74, 6) is 2.82. The predicted octanol–water partition coefficient (Wildman–Crippen LogP) is 3.11. The first kappa shape index (κ1) is 14.4. The van der Waals surface area contributed by atoms with Crippen LogP contribution in [0.5, 0.6) is 5.88 Å². The molecule has 1 aliphatic heterocycles. The molecule has 2 heterocycles. The Kier molecular flexibility index (Phi) is 5.25. The van der Waals surface area contributed by atoms with Gasteiger partial charge in [0.25, 0.3) is 0 Å². The molecule has 1 unspecified atom stereocenters. The topological polar surface area (TPSA) is 38.2 Å². The quantitative estimate of drug-likeness (QED) is 0.778. The molecule has 0 saturated carbocycles. The predicted molar refractivity (Wildman–Crippen MR) is 78.1 cm³/mol. The van der Waals surface area contributed by atoms with Gasteiger partial charge in [-0.3, -0.25) is 0 Å². The van der Waals surface area contributed by atoms with Gasteiger partial charge in [-0.25, -0.2) is 4.98 Å². The van der Waals surface area contributed by atoms with Gasteiger partial charge in [0.2, 0.25) is 11.8 Å². The minimum absolute atomic E-state index is 0.133. The van der Waals surface area contributed by atoms with Gasteiger partial charge in [0.15, 0.2) is 0 Å². The van der Waals surface area contributed by atoms with E-state index in [0.29, 0.717) is 11.8 Å². The number of piperidine rings is 1. The van der Waals surface area contributed by atoms with E-state index in [0.717, 1.165) is 31.3 Å². The van der Waals surface area contributed by atoms with E-state index < -0.39 is 0 Å². The van der Waals surface area contributed by atoms with E-state index in [2.05, 4.69) is 14.9 Å². The van der Waals surface area contributed by atoms with Crippen LogP contribution in [0.1, 0.15) is 33.1 Å². The third kappa shape index (κ3) is 4.23. The molecule has 4 nitrogen and oxygen atoms in total. The molecule has 5 heteroatoms. The summed E-state index contributed by atoms with van der Waals surface area (Å²) in [6, 6.07) is 1.81. The van der Waals surface area contributed by atoms with Gasteiger partial charge in [0.05, 0.1) is 6.10 Å². The van der Waals surface area contributed by atoms with E-state index in [-0.39, 0.29) is 6.10 Å². The molecule has 1 atom stereocenters. The second-order valence-electron chi connectivity index (χ2n) is 5.29. The van der Waals surface area contributed by atoms with Crippen molar-refractivity contribution < 1.29 is 4.74 Å². The van der Waals surface area contributed by atoms with Gasteiger partial charge < -0.3 is 9.64 Å². The van der Waals surface area contributed by atoms with Crippen LogP contribution in [-0.4, -0.2) is 35.0 Å². The van der Waals surface area contributed by atoms with Crippen molar-refractivity contribution in [2.45, 2.75) is 39.2 Å². The number of anilines is 1. The first-order valence-corrected chi connectivity index (χ1v) is 7.53. The van der Waals surface area contributed by atoms with Gasteiger partial charge in [0, 0.05) is 31.2 Å². The summed E-state index contributed by atoms with van der Waals surface area (Å²) in [7, 11) is 0. The fourth-order valence-electron chi connectivity index (χ4n) is 2.43. The van der Waals surface area contributed by atoms with Crippen LogP contribution in [0, 0.1) is 5.92 Å². The van der Waals surface area contributed by atoms with Crippen molar-refractivity contribution in [3.63, 3.8) is 0 Å². The molecule has 1 aromatic heterocycles. The van der Waals surface area contributed by atoms with E-state index in [1.54, 1.807) is 6.20 Å². The highest BCUT2D eigenvalue weighted by molar-refractivity contribution is 6.17. The molecule has 106 valence electrons. The van der Waals surface area contributed by atoms with Gasteiger partial charge in [-0.2, -0.15) is 4.98 Å². The average molecular weight is 284 g/mol. The third-order valence-electron chi connectivity index (χ3n) is 3.29. The fourth-order valence-corrected chi connectivity index (χ4v) is 2.74. The highest BCUT2D eigenvalue weighted by atomic mass is 35.5. The maximum absolute atomic E-state index is 5.84. The molecular weight excluding hydrogens is 262 g/mol. The number of aromatic nitrogens is 2. The van der Waals surface area contributed by atoms with Crippen LogP contribution in [0.2, 0.25) is 0 Å². The number of hydrogen-bond donors (Lipinski definition) is 0. The van der Waals surface area contributed by atoms with E-state index in [1.165, 1.54) is 12.8 Å². The lowest BCUT2D eigenvalue weighted by molar-refractivity contribution is 0.232. The Morgan fingerprint density at radius 1 is 1.53 bits per heavy atom. The largest absolute Gasteiger partial charge is 0.475 e. The summed E-state index contributed by atoms with van der Waals surface area (Å²) >= 11 is 5.84. The molecule has 0 aliphatic carbocycles. The molecular formula is C14H22ClN3O. The Balaban J connectivity index is 2.04. The molecule has 0 amide bonds. The summed E-state index contributed by atoms with van der Waals surface area (Å²) in [6.45, 7) is 6.01. The van der Waals surface area contributed by atoms with Crippen LogP contribution in [0.25, 0.3) is 0 Å². The van der Waals surface area contributed by atoms with Crippen molar-refractivity contribution in [3.8, 4) is 5.88 Å². The Bertz CT molecular complexity index is 398. The highest BCUT2D eigenvalue weighted by Crippen LogP contribution is 2.24. The van der Waals surface area contributed by atoms with Crippen LogP contribution in [0.4, 0.5) is 5.95 Å². The monoisotopic (exact) mass is 283 g/mol. The minimum Gasteiger partial charge on any atom is -0.475 e. The van der Waals surface area contributed by atoms with E-state index >= 15 is 0 Å². The summed E-state index contributed by atoms with van der Waals surface area (Å²) < 4.78 is 5.62. The standard InChI is InChI=1S/C14H22ClN3O/c1-11(2)19-13-6-8-16-14(17-13)18-9-3-4-12(10-18)5-7-15/h6,8,11-12H,3-5,7,9-10H2,1-2H3. The Morgan fingerprint density at radius 3 is 3.11 bits per heavy atom. The van der Waals surface area contributed by atoms with Crippen molar-refractivity contribution in [3.05, 3.63) is 12.3 Å².